The molecular formula is C18H19N3O6S2. The summed E-state index contributed by atoms with van der Waals surface area (Å²) in [6.45, 7) is 3.25. The highest BCUT2D eigenvalue weighted by Gasteiger charge is 2.41. The highest BCUT2D eigenvalue weighted by atomic mass is 32.2. The van der Waals surface area contributed by atoms with Gasteiger partial charge in [-0.1, -0.05) is 26.0 Å². The summed E-state index contributed by atoms with van der Waals surface area (Å²) in [7, 11) is -2.85. The molecule has 0 aliphatic carbocycles. The number of benzene rings is 1. The maximum atomic E-state index is 12.5. The molecule has 3 rings (SSSR count). The molecule has 0 saturated carbocycles. The number of carbonyl (C=O) groups excluding carboxylic acids is 3. The molecule has 1 aromatic heterocycles. The molecule has 11 heteroatoms. The third kappa shape index (κ3) is 4.01. The fraction of sp³-hybridized carbons (Fsp3) is 0.333. The van der Waals surface area contributed by atoms with Gasteiger partial charge >= 0.3 is 5.97 Å². The van der Waals surface area contributed by atoms with Crippen molar-refractivity contribution in [3.05, 3.63) is 40.4 Å². The molecule has 0 radical (unpaired) electrons. The minimum absolute atomic E-state index is 0.0294. The minimum Gasteiger partial charge on any atom is -0.464 e. The van der Waals surface area contributed by atoms with E-state index in [1.807, 2.05) is 13.8 Å². The number of nitrogens with one attached hydrogen (secondary N) is 1. The first-order valence-corrected chi connectivity index (χ1v) is 10.9. The Hall–Kier alpha value is -2.79. The average molecular weight is 437 g/mol. The van der Waals surface area contributed by atoms with Crippen LogP contribution in [-0.2, 0) is 26.0 Å². The Labute approximate surface area is 171 Å². The van der Waals surface area contributed by atoms with Crippen LogP contribution in [0.25, 0.3) is 0 Å². The molecule has 2 heterocycles. The van der Waals surface area contributed by atoms with Crippen LogP contribution in [0.3, 0.4) is 0 Å². The highest BCUT2D eigenvalue weighted by Crippen LogP contribution is 2.30. The van der Waals surface area contributed by atoms with Crippen LogP contribution < -0.4 is 5.32 Å². The number of aromatic nitrogens is 1. The number of hydrogen-bond donors (Lipinski definition) is 1. The summed E-state index contributed by atoms with van der Waals surface area (Å²) < 4.78 is 30.3. The van der Waals surface area contributed by atoms with E-state index in [1.54, 1.807) is 6.07 Å². The van der Waals surface area contributed by atoms with Crippen molar-refractivity contribution >= 4 is 44.3 Å². The predicted octanol–water partition coefficient (Wildman–Crippen LogP) is 1.91. The molecule has 1 N–H and O–H groups in total. The average Bonchev–Trinajstić information content (AvgIpc) is 3.13. The molecule has 0 saturated heterocycles. The lowest BCUT2D eigenvalue weighted by molar-refractivity contribution is -0.116. The zero-order chi connectivity index (χ0) is 21.3. The first-order valence-electron chi connectivity index (χ1n) is 8.69. The van der Waals surface area contributed by atoms with Crippen LogP contribution in [0.1, 0.15) is 39.6 Å². The molecule has 154 valence electrons. The number of hydrogen-bond acceptors (Lipinski definition) is 8. The van der Waals surface area contributed by atoms with Gasteiger partial charge in [0.2, 0.25) is 5.91 Å². The lowest BCUT2D eigenvalue weighted by Crippen LogP contribution is -2.37. The molecule has 0 bridgehead atoms. The Morgan fingerprint density at radius 3 is 2.59 bits per heavy atom. The molecule has 9 nitrogen and oxygen atoms in total. The van der Waals surface area contributed by atoms with Crippen LogP contribution in [0.2, 0.25) is 0 Å². The van der Waals surface area contributed by atoms with Gasteiger partial charge in [0.15, 0.2) is 10.8 Å². The summed E-state index contributed by atoms with van der Waals surface area (Å²) in [6, 6.07) is 5.78. The van der Waals surface area contributed by atoms with Crippen molar-refractivity contribution in [3.8, 4) is 0 Å². The topological polar surface area (TPSA) is 123 Å². The van der Waals surface area contributed by atoms with E-state index in [9.17, 15) is 22.8 Å². The fourth-order valence-electron chi connectivity index (χ4n) is 2.85. The minimum atomic E-state index is -4.09. The van der Waals surface area contributed by atoms with Gasteiger partial charge in [-0.15, -0.1) is 11.3 Å². The molecule has 1 aromatic carbocycles. The smallest absolute Gasteiger partial charge is 0.357 e. The summed E-state index contributed by atoms with van der Waals surface area (Å²) in [4.78, 5) is 41.4. The number of ether oxygens (including phenoxy) is 1. The first-order chi connectivity index (χ1) is 13.6. The van der Waals surface area contributed by atoms with Gasteiger partial charge < -0.3 is 10.1 Å². The molecule has 0 spiro atoms. The third-order valence-electron chi connectivity index (χ3n) is 4.12. The normalized spacial score (nSPS) is 14.8. The van der Waals surface area contributed by atoms with E-state index in [1.165, 1.54) is 25.3 Å². The summed E-state index contributed by atoms with van der Waals surface area (Å²) in [5, 5.41) is 2.60. The van der Waals surface area contributed by atoms with Gasteiger partial charge in [0.25, 0.3) is 15.9 Å². The van der Waals surface area contributed by atoms with Crippen LogP contribution in [0.4, 0.5) is 5.13 Å². The van der Waals surface area contributed by atoms with Gasteiger partial charge in [-0.3, -0.25) is 9.59 Å². The van der Waals surface area contributed by atoms with Crippen LogP contribution >= 0.6 is 11.3 Å². The van der Waals surface area contributed by atoms with Gasteiger partial charge in [0.05, 0.1) is 12.7 Å². The maximum Gasteiger partial charge on any atom is 0.357 e. The molecule has 0 fully saturated rings. The monoisotopic (exact) mass is 437 g/mol. The van der Waals surface area contributed by atoms with Gasteiger partial charge in [0.1, 0.15) is 11.4 Å². The number of anilines is 1. The van der Waals surface area contributed by atoms with E-state index in [4.69, 9.17) is 4.74 Å². The molecule has 1 aliphatic heterocycles. The van der Waals surface area contributed by atoms with Crippen molar-refractivity contribution in [1.82, 2.24) is 9.29 Å². The quantitative estimate of drug-likeness (QED) is 0.685. The van der Waals surface area contributed by atoms with E-state index in [2.05, 4.69) is 10.3 Å². The number of rotatable bonds is 6. The third-order valence-corrected chi connectivity index (χ3v) is 6.90. The van der Waals surface area contributed by atoms with Crippen LogP contribution in [0, 0.1) is 5.92 Å². The fourth-order valence-corrected chi connectivity index (χ4v) is 5.55. The lowest BCUT2D eigenvalue weighted by atomic mass is 10.1. The standard InChI is InChI=1S/C18H19N3O6S2/c1-10(2)8-12-15(17(24)27-3)20-18(28-12)19-14(22)9-21-16(23)11-6-4-5-7-13(11)29(21,25)26/h4-7,10H,8-9H2,1-3H3,(H,19,20,22). The van der Waals surface area contributed by atoms with E-state index >= 15 is 0 Å². The number of esters is 1. The Kier molecular flexibility index (Phi) is 5.71. The second-order valence-electron chi connectivity index (χ2n) is 6.74. The number of carbonyl (C=O) groups is 3. The summed E-state index contributed by atoms with van der Waals surface area (Å²) in [5.74, 6) is -1.87. The molecule has 0 unspecified atom stereocenters. The van der Waals surface area contributed by atoms with E-state index in [-0.39, 0.29) is 27.2 Å². The Balaban J connectivity index is 1.79. The molecule has 0 atom stereocenters. The largest absolute Gasteiger partial charge is 0.464 e. The summed E-state index contributed by atoms with van der Waals surface area (Å²) in [6.07, 6.45) is 0.562. The van der Waals surface area contributed by atoms with Crippen LogP contribution in [0.5, 0.6) is 0 Å². The molecule has 29 heavy (non-hydrogen) atoms. The van der Waals surface area contributed by atoms with E-state index in [0.29, 0.717) is 15.6 Å². The Bertz CT molecular complexity index is 1090. The number of methoxy groups -OCH3 is 1. The van der Waals surface area contributed by atoms with Gasteiger partial charge in [-0.2, -0.15) is 0 Å². The number of sulfonamides is 1. The Morgan fingerprint density at radius 2 is 1.97 bits per heavy atom. The van der Waals surface area contributed by atoms with Gasteiger partial charge in [-0.25, -0.2) is 22.5 Å². The molecular weight excluding hydrogens is 418 g/mol. The predicted molar refractivity (Wildman–Crippen MR) is 105 cm³/mol. The van der Waals surface area contributed by atoms with Crippen molar-refractivity contribution in [1.29, 1.82) is 0 Å². The highest BCUT2D eigenvalue weighted by molar-refractivity contribution is 7.90. The zero-order valence-electron chi connectivity index (χ0n) is 16.0. The van der Waals surface area contributed by atoms with Crippen molar-refractivity contribution in [3.63, 3.8) is 0 Å². The SMILES string of the molecule is COC(=O)c1nc(NC(=O)CN2C(=O)c3ccccc3S2(=O)=O)sc1CC(C)C. The lowest BCUT2D eigenvalue weighted by Gasteiger charge is -2.13. The van der Waals surface area contributed by atoms with E-state index in [0.717, 1.165) is 11.3 Å². The van der Waals surface area contributed by atoms with Crippen LogP contribution in [-0.4, -0.2) is 49.1 Å². The molecule has 2 amide bonds. The summed E-state index contributed by atoms with van der Waals surface area (Å²) >= 11 is 1.11. The molecule has 1 aliphatic rings. The van der Waals surface area contributed by atoms with Crippen molar-refractivity contribution < 1.29 is 27.5 Å². The van der Waals surface area contributed by atoms with Gasteiger partial charge in [0, 0.05) is 4.88 Å². The number of amides is 2. The van der Waals surface area contributed by atoms with Crippen molar-refractivity contribution in [2.75, 3.05) is 19.0 Å². The first kappa shape index (κ1) is 20.9. The second-order valence-corrected chi connectivity index (χ2v) is 9.66. The van der Waals surface area contributed by atoms with Crippen LogP contribution in [0.15, 0.2) is 29.2 Å². The number of nitrogens with zero attached hydrogens (tertiary/aromatic N) is 2. The van der Waals surface area contributed by atoms with Crippen molar-refractivity contribution in [2.24, 2.45) is 5.92 Å². The molecule has 2 aromatic rings. The summed E-state index contributed by atoms with van der Waals surface area (Å²) in [5.41, 5.74) is 0.139. The zero-order valence-corrected chi connectivity index (χ0v) is 17.6. The maximum absolute atomic E-state index is 12.5. The Morgan fingerprint density at radius 1 is 1.28 bits per heavy atom. The second kappa shape index (κ2) is 7.91. The number of thiazole rings is 1. The number of fused-ring (bicyclic) bond motifs is 1. The van der Waals surface area contributed by atoms with E-state index < -0.39 is 34.4 Å². The van der Waals surface area contributed by atoms with Gasteiger partial charge in [-0.05, 0) is 24.5 Å². The van der Waals surface area contributed by atoms with Crippen molar-refractivity contribution in [2.45, 2.75) is 25.2 Å².